The average Bonchev–Trinajstić information content (AvgIpc) is 3.23. The molecular weight excluding hydrogens is 498 g/mol. The number of nitrogens with zero attached hydrogens (tertiary/aromatic N) is 3. The molecule has 2 aromatic rings. The van der Waals surface area contributed by atoms with Crippen LogP contribution in [0.25, 0.3) is 0 Å². The van der Waals surface area contributed by atoms with Gasteiger partial charge in [-0.1, -0.05) is 6.07 Å². The van der Waals surface area contributed by atoms with Crippen molar-refractivity contribution in [2.24, 2.45) is 17.8 Å². The van der Waals surface area contributed by atoms with E-state index in [1.54, 1.807) is 16.7 Å². The summed E-state index contributed by atoms with van der Waals surface area (Å²) in [6, 6.07) is 5.10. The van der Waals surface area contributed by atoms with Crippen molar-refractivity contribution >= 4 is 29.5 Å². The smallest absolute Gasteiger partial charge is 0.255 e. The number of carbonyl (C=O) groups is 3. The van der Waals surface area contributed by atoms with Gasteiger partial charge in [0.05, 0.1) is 5.75 Å². The minimum absolute atomic E-state index is 0.149. The van der Waals surface area contributed by atoms with Crippen LogP contribution < -0.4 is 10.6 Å². The van der Waals surface area contributed by atoms with Crippen LogP contribution in [0.3, 0.4) is 0 Å². The predicted molar refractivity (Wildman–Crippen MR) is 142 cm³/mol. The van der Waals surface area contributed by atoms with Crippen molar-refractivity contribution in [3.05, 3.63) is 53.1 Å². The van der Waals surface area contributed by atoms with Crippen molar-refractivity contribution in [3.63, 3.8) is 0 Å². The Bertz CT molecular complexity index is 1260. The number of benzene rings is 1. The number of imide groups is 1. The molecule has 4 aliphatic carbocycles. The summed E-state index contributed by atoms with van der Waals surface area (Å²) in [5, 5.41) is 6.28. The highest BCUT2D eigenvalue weighted by Crippen LogP contribution is 2.55. The van der Waals surface area contributed by atoms with E-state index in [2.05, 4.69) is 20.6 Å². The summed E-state index contributed by atoms with van der Waals surface area (Å²) in [6.45, 7) is 1.20. The Balaban J connectivity index is 0.973. The second-order valence-corrected chi connectivity index (χ2v) is 13.0. The number of nitrogens with one attached hydrogen (secondary N) is 2. The molecule has 9 heteroatoms. The molecule has 4 bridgehead atoms. The van der Waals surface area contributed by atoms with Crippen LogP contribution in [0.5, 0.6) is 0 Å². The fourth-order valence-corrected chi connectivity index (χ4v) is 8.96. The third kappa shape index (κ3) is 4.43. The largest absolute Gasteiger partial charge is 0.322 e. The topological polar surface area (TPSA) is 104 Å². The molecule has 0 spiro atoms. The molecule has 38 heavy (non-hydrogen) atoms. The quantitative estimate of drug-likeness (QED) is 0.416. The number of thioether (sulfide) groups is 1. The Morgan fingerprint density at radius 2 is 1.74 bits per heavy atom. The lowest BCUT2D eigenvalue weighted by molar-refractivity contribution is -0.136. The number of amides is 3. The maximum atomic E-state index is 13.1. The Kier molecular flexibility index (Phi) is 6.04. The van der Waals surface area contributed by atoms with Crippen LogP contribution in [0, 0.1) is 17.8 Å². The molecule has 5 fully saturated rings. The number of fused-ring (bicyclic) bond motifs is 1. The van der Waals surface area contributed by atoms with Gasteiger partial charge in [-0.2, -0.15) is 0 Å². The lowest BCUT2D eigenvalue weighted by Crippen LogP contribution is -2.58. The summed E-state index contributed by atoms with van der Waals surface area (Å²) in [7, 11) is 0. The molecule has 1 aromatic heterocycles. The molecule has 1 atom stereocenters. The fraction of sp³-hybridized carbons (Fsp3) is 0.552. The average molecular weight is 532 g/mol. The van der Waals surface area contributed by atoms with Crippen molar-refractivity contribution in [3.8, 4) is 0 Å². The molecule has 2 aliphatic heterocycles. The van der Waals surface area contributed by atoms with Crippen LogP contribution in [0.15, 0.2) is 35.5 Å². The summed E-state index contributed by atoms with van der Waals surface area (Å²) in [4.78, 5) is 48.8. The Morgan fingerprint density at radius 3 is 2.42 bits per heavy atom. The molecule has 1 aromatic carbocycles. The third-order valence-electron chi connectivity index (χ3n) is 9.36. The molecule has 1 saturated heterocycles. The zero-order chi connectivity index (χ0) is 25.9. The summed E-state index contributed by atoms with van der Waals surface area (Å²) in [5.74, 6) is 3.33. The summed E-state index contributed by atoms with van der Waals surface area (Å²) < 4.78 is 0. The van der Waals surface area contributed by atoms with Crippen LogP contribution in [-0.2, 0) is 28.4 Å². The summed E-state index contributed by atoms with van der Waals surface area (Å²) >= 11 is 1.61. The van der Waals surface area contributed by atoms with Crippen molar-refractivity contribution in [2.75, 3.05) is 0 Å². The molecule has 1 unspecified atom stereocenters. The van der Waals surface area contributed by atoms with Crippen LogP contribution in [0.4, 0.5) is 0 Å². The minimum atomic E-state index is -0.603. The van der Waals surface area contributed by atoms with E-state index in [-0.39, 0.29) is 24.1 Å². The first kappa shape index (κ1) is 24.3. The van der Waals surface area contributed by atoms with Gasteiger partial charge < -0.3 is 10.2 Å². The normalized spacial score (nSPS) is 31.6. The number of rotatable bonds is 7. The number of piperidine rings is 1. The molecule has 8 nitrogen and oxygen atoms in total. The molecule has 3 amide bonds. The van der Waals surface area contributed by atoms with Gasteiger partial charge in [-0.25, -0.2) is 9.97 Å². The first-order valence-corrected chi connectivity index (χ1v) is 14.9. The van der Waals surface area contributed by atoms with E-state index >= 15 is 0 Å². The maximum absolute atomic E-state index is 13.1. The van der Waals surface area contributed by atoms with E-state index < -0.39 is 6.04 Å². The highest BCUT2D eigenvalue weighted by atomic mass is 32.2. The molecular formula is C29H33N5O3S. The Morgan fingerprint density at radius 1 is 1.03 bits per heavy atom. The SMILES string of the molecule is O=C1CCC(N2Cc3c(SCc4ncc(CNC56CC7CC(CC(C7)C5)C6)cn4)cccc3C2=O)C(=O)N1. The van der Waals surface area contributed by atoms with E-state index in [4.69, 9.17) is 0 Å². The molecule has 3 heterocycles. The zero-order valence-electron chi connectivity index (χ0n) is 21.4. The van der Waals surface area contributed by atoms with Gasteiger partial charge in [0.15, 0.2) is 0 Å². The minimum Gasteiger partial charge on any atom is -0.322 e. The first-order valence-electron chi connectivity index (χ1n) is 13.9. The van der Waals surface area contributed by atoms with Crippen molar-refractivity contribution < 1.29 is 14.4 Å². The second kappa shape index (κ2) is 9.45. The van der Waals surface area contributed by atoms with E-state index in [9.17, 15) is 14.4 Å². The number of hydrogen-bond acceptors (Lipinski definition) is 7. The van der Waals surface area contributed by atoms with E-state index in [0.29, 0.717) is 29.8 Å². The number of aromatic nitrogens is 2. The van der Waals surface area contributed by atoms with E-state index in [1.807, 2.05) is 30.6 Å². The lowest BCUT2D eigenvalue weighted by Gasteiger charge is -2.57. The van der Waals surface area contributed by atoms with Crippen LogP contribution >= 0.6 is 11.8 Å². The van der Waals surface area contributed by atoms with E-state index in [1.165, 1.54) is 38.5 Å². The van der Waals surface area contributed by atoms with Crippen molar-refractivity contribution in [1.29, 1.82) is 0 Å². The molecule has 6 aliphatic rings. The molecule has 8 rings (SSSR count). The zero-order valence-corrected chi connectivity index (χ0v) is 22.3. The monoisotopic (exact) mass is 531 g/mol. The Labute approximate surface area is 226 Å². The van der Waals surface area contributed by atoms with Crippen LogP contribution in [0.2, 0.25) is 0 Å². The van der Waals surface area contributed by atoms with Crippen molar-refractivity contribution in [1.82, 2.24) is 25.5 Å². The van der Waals surface area contributed by atoms with Gasteiger partial charge in [-0.15, -0.1) is 11.8 Å². The van der Waals surface area contributed by atoms with Crippen LogP contribution in [-0.4, -0.2) is 44.2 Å². The van der Waals surface area contributed by atoms with Crippen LogP contribution in [0.1, 0.15) is 78.7 Å². The van der Waals surface area contributed by atoms with Crippen molar-refractivity contribution in [2.45, 2.75) is 86.7 Å². The van der Waals surface area contributed by atoms with Gasteiger partial charge in [0, 0.05) is 53.5 Å². The number of hydrogen-bond donors (Lipinski definition) is 2. The molecule has 2 N–H and O–H groups in total. The summed E-state index contributed by atoms with van der Waals surface area (Å²) in [5.41, 5.74) is 3.02. The van der Waals surface area contributed by atoms with Gasteiger partial charge in [-0.05, 0) is 80.4 Å². The fourth-order valence-electron chi connectivity index (χ4n) is 8.00. The van der Waals surface area contributed by atoms with Gasteiger partial charge >= 0.3 is 0 Å². The van der Waals surface area contributed by atoms with Gasteiger partial charge in [0.2, 0.25) is 11.8 Å². The standard InChI is InChI=1S/C29H33N5O3S/c35-26-5-4-23(27(36)33-26)34-15-22-21(28(34)37)2-1-3-24(22)38-16-25-30-12-20(13-31-25)14-32-29-9-17-6-18(10-29)8-19(7-17)11-29/h1-3,12-13,17-19,23,32H,4-11,14-16H2,(H,33,35,36). The highest BCUT2D eigenvalue weighted by molar-refractivity contribution is 7.98. The first-order chi connectivity index (χ1) is 18.4. The highest BCUT2D eigenvalue weighted by Gasteiger charge is 2.50. The number of carbonyl (C=O) groups excluding carboxylic acids is 3. The lowest BCUT2D eigenvalue weighted by atomic mass is 9.53. The second-order valence-electron chi connectivity index (χ2n) is 12.0. The van der Waals surface area contributed by atoms with Gasteiger partial charge in [0.25, 0.3) is 5.91 Å². The Hall–Kier alpha value is -2.78. The summed E-state index contributed by atoms with van der Waals surface area (Å²) in [6.07, 6.45) is 12.9. The molecule has 4 saturated carbocycles. The molecule has 0 radical (unpaired) electrons. The van der Waals surface area contributed by atoms with E-state index in [0.717, 1.165) is 46.1 Å². The molecule has 198 valence electrons. The van der Waals surface area contributed by atoms with Gasteiger partial charge in [0.1, 0.15) is 11.9 Å². The third-order valence-corrected chi connectivity index (χ3v) is 10.5. The predicted octanol–water partition coefficient (Wildman–Crippen LogP) is 3.59. The maximum Gasteiger partial charge on any atom is 0.255 e. The van der Waals surface area contributed by atoms with Gasteiger partial charge in [-0.3, -0.25) is 19.7 Å².